The lowest BCUT2D eigenvalue weighted by Gasteiger charge is -2.23. The van der Waals surface area contributed by atoms with E-state index >= 15 is 0 Å². The predicted molar refractivity (Wildman–Crippen MR) is 154 cm³/mol. The van der Waals surface area contributed by atoms with Crippen LogP contribution in [0.25, 0.3) is 0 Å². The second-order valence-corrected chi connectivity index (χ2v) is 9.48. The van der Waals surface area contributed by atoms with Crippen LogP contribution in [0.15, 0.2) is 89.9 Å². The Morgan fingerprint density at radius 3 is 1.88 bits per heavy atom. The van der Waals surface area contributed by atoms with Crippen molar-refractivity contribution in [1.29, 1.82) is 0 Å². The Hall–Kier alpha value is -4.86. The van der Waals surface area contributed by atoms with Gasteiger partial charge in [-0.15, -0.1) is 0 Å². The molecule has 0 bridgehead atoms. The summed E-state index contributed by atoms with van der Waals surface area (Å²) in [6.45, 7) is 0.269. The lowest BCUT2D eigenvalue weighted by atomic mass is 9.88. The third-order valence-electron chi connectivity index (χ3n) is 6.43. The molecular weight excluding hydrogens is 508 g/mol. The number of nitrogens with zero attached hydrogens (tertiary/aromatic N) is 1. The molecule has 40 heavy (non-hydrogen) atoms. The maximum atomic E-state index is 13.3. The van der Waals surface area contributed by atoms with E-state index in [1.807, 2.05) is 60.7 Å². The Labute approximate surface area is 233 Å². The molecule has 9 N–H and O–H groups in total. The number of rotatable bonds is 14. The highest BCUT2D eigenvalue weighted by atomic mass is 16.3. The van der Waals surface area contributed by atoms with Gasteiger partial charge in [0.2, 0.25) is 17.7 Å². The van der Waals surface area contributed by atoms with Gasteiger partial charge in [0.25, 0.3) is 0 Å². The van der Waals surface area contributed by atoms with Crippen LogP contribution in [0.3, 0.4) is 0 Å². The van der Waals surface area contributed by atoms with Crippen LogP contribution in [-0.2, 0) is 20.8 Å². The fraction of sp³-hybridized carbons (Fsp3) is 0.267. The van der Waals surface area contributed by atoms with Crippen molar-refractivity contribution in [3.8, 4) is 5.75 Å². The smallest absolute Gasteiger partial charge is 0.243 e. The molecule has 0 unspecified atom stereocenters. The minimum atomic E-state index is -1.02. The van der Waals surface area contributed by atoms with Crippen LogP contribution in [0.4, 0.5) is 0 Å². The molecule has 0 saturated heterocycles. The van der Waals surface area contributed by atoms with Gasteiger partial charge in [0.05, 0.1) is 0 Å². The van der Waals surface area contributed by atoms with Crippen molar-refractivity contribution in [3.05, 3.63) is 102 Å². The number of amides is 3. The Kier molecular flexibility index (Phi) is 11.1. The number of benzene rings is 3. The van der Waals surface area contributed by atoms with Gasteiger partial charge in [0.1, 0.15) is 17.8 Å². The summed E-state index contributed by atoms with van der Waals surface area (Å²) in [6.07, 6.45) is 0.884. The van der Waals surface area contributed by atoms with Gasteiger partial charge in [-0.2, -0.15) is 0 Å². The average molecular weight is 545 g/mol. The first-order valence-corrected chi connectivity index (χ1v) is 13.0. The number of phenols is 1. The Balaban J connectivity index is 1.75. The van der Waals surface area contributed by atoms with Crippen molar-refractivity contribution < 1.29 is 19.5 Å². The van der Waals surface area contributed by atoms with Crippen molar-refractivity contribution in [2.75, 3.05) is 6.54 Å². The number of aliphatic imine (C=N–C) groups is 1. The first-order valence-electron chi connectivity index (χ1n) is 13.0. The van der Waals surface area contributed by atoms with Crippen molar-refractivity contribution >= 4 is 23.7 Å². The molecule has 0 aliphatic heterocycles. The molecule has 3 aromatic carbocycles. The van der Waals surface area contributed by atoms with Crippen LogP contribution in [-0.4, -0.2) is 47.4 Å². The lowest BCUT2D eigenvalue weighted by molar-refractivity contribution is -0.131. The minimum absolute atomic E-state index is 0.0682. The van der Waals surface area contributed by atoms with Crippen molar-refractivity contribution in [3.63, 3.8) is 0 Å². The summed E-state index contributed by atoms with van der Waals surface area (Å²) in [6, 6.07) is 23.6. The molecule has 0 aromatic heterocycles. The molecule has 0 spiro atoms. The van der Waals surface area contributed by atoms with E-state index in [2.05, 4.69) is 15.6 Å². The topological polar surface area (TPSA) is 186 Å². The third kappa shape index (κ3) is 9.46. The Morgan fingerprint density at radius 2 is 1.35 bits per heavy atom. The SMILES string of the molecule is NC(=O)[C@H](Cc1ccc(O)cc1)NC(=O)[C@@H](CCCN=C(N)N)NC(=O)CC(c1ccccc1)c1ccccc1. The number of aromatic hydroxyl groups is 1. The molecule has 10 heteroatoms. The van der Waals surface area contributed by atoms with Crippen LogP contribution in [0.2, 0.25) is 0 Å². The van der Waals surface area contributed by atoms with E-state index in [1.54, 1.807) is 12.1 Å². The molecule has 3 aromatic rings. The Bertz CT molecular complexity index is 1240. The predicted octanol–water partition coefficient (Wildman–Crippen LogP) is 1.67. The monoisotopic (exact) mass is 544 g/mol. The number of carbonyl (C=O) groups excluding carboxylic acids is 3. The molecule has 3 amide bonds. The van der Waals surface area contributed by atoms with Crippen LogP contribution in [0, 0.1) is 0 Å². The summed E-state index contributed by atoms with van der Waals surface area (Å²) in [4.78, 5) is 42.8. The number of nitrogens with two attached hydrogens (primary N) is 3. The van der Waals surface area contributed by atoms with Crippen LogP contribution < -0.4 is 27.8 Å². The standard InChI is InChI=1S/C30H36N6O4/c31-28(39)26(18-20-13-15-23(37)16-14-20)36-29(40)25(12-7-17-34-30(32)33)35-27(38)19-24(21-8-3-1-4-9-21)22-10-5-2-6-11-22/h1-6,8-11,13-16,24-26,37H,7,12,17-19H2,(H2,31,39)(H,35,38)(H,36,40)(H4,32,33,34)/t25-,26+/m1/s1. The fourth-order valence-corrected chi connectivity index (χ4v) is 4.37. The van der Waals surface area contributed by atoms with Crippen LogP contribution >= 0.6 is 0 Å². The Morgan fingerprint density at radius 1 is 0.775 bits per heavy atom. The number of hydrogen-bond acceptors (Lipinski definition) is 5. The third-order valence-corrected chi connectivity index (χ3v) is 6.43. The number of guanidine groups is 1. The normalized spacial score (nSPS) is 12.2. The number of carbonyl (C=O) groups is 3. The summed E-state index contributed by atoms with van der Waals surface area (Å²) < 4.78 is 0. The van der Waals surface area contributed by atoms with E-state index in [9.17, 15) is 19.5 Å². The molecule has 0 heterocycles. The van der Waals surface area contributed by atoms with Gasteiger partial charge >= 0.3 is 0 Å². The molecule has 0 aliphatic rings. The van der Waals surface area contributed by atoms with E-state index in [-0.39, 0.29) is 49.3 Å². The van der Waals surface area contributed by atoms with Gasteiger partial charge in [-0.1, -0.05) is 72.8 Å². The van der Waals surface area contributed by atoms with E-state index in [4.69, 9.17) is 17.2 Å². The zero-order chi connectivity index (χ0) is 28.9. The van der Waals surface area contributed by atoms with Gasteiger partial charge < -0.3 is 32.9 Å². The second-order valence-electron chi connectivity index (χ2n) is 9.48. The maximum Gasteiger partial charge on any atom is 0.243 e. The molecule has 2 atom stereocenters. The lowest BCUT2D eigenvalue weighted by Crippen LogP contribution is -2.53. The number of phenolic OH excluding ortho intramolecular Hbond substituents is 1. The van der Waals surface area contributed by atoms with Crippen molar-refractivity contribution in [2.24, 2.45) is 22.2 Å². The number of primary amides is 1. The molecule has 0 saturated carbocycles. The van der Waals surface area contributed by atoms with Crippen LogP contribution in [0.1, 0.15) is 41.9 Å². The van der Waals surface area contributed by atoms with Gasteiger partial charge in [-0.05, 0) is 41.7 Å². The highest BCUT2D eigenvalue weighted by Gasteiger charge is 2.27. The summed E-state index contributed by atoms with van der Waals surface area (Å²) in [5.41, 5.74) is 19.0. The highest BCUT2D eigenvalue weighted by molar-refractivity contribution is 5.92. The van der Waals surface area contributed by atoms with Crippen molar-refractivity contribution in [2.45, 2.75) is 43.7 Å². The van der Waals surface area contributed by atoms with E-state index in [1.165, 1.54) is 12.1 Å². The van der Waals surface area contributed by atoms with Gasteiger partial charge in [-0.3, -0.25) is 19.4 Å². The highest BCUT2D eigenvalue weighted by Crippen LogP contribution is 2.28. The van der Waals surface area contributed by atoms with E-state index in [0.29, 0.717) is 12.0 Å². The first kappa shape index (κ1) is 29.7. The number of hydrogen-bond donors (Lipinski definition) is 6. The van der Waals surface area contributed by atoms with Gasteiger partial charge in [-0.25, -0.2) is 0 Å². The summed E-state index contributed by atoms with van der Waals surface area (Å²) in [7, 11) is 0. The first-order chi connectivity index (χ1) is 19.2. The molecule has 10 nitrogen and oxygen atoms in total. The summed E-state index contributed by atoms with van der Waals surface area (Å²) >= 11 is 0. The maximum absolute atomic E-state index is 13.3. The zero-order valence-electron chi connectivity index (χ0n) is 22.2. The second kappa shape index (κ2) is 14.9. The van der Waals surface area contributed by atoms with Crippen LogP contribution in [0.5, 0.6) is 5.75 Å². The molecular formula is C30H36N6O4. The summed E-state index contributed by atoms with van der Waals surface area (Å²) in [5.74, 6) is -1.80. The van der Waals surface area contributed by atoms with Gasteiger partial charge in [0.15, 0.2) is 5.96 Å². The fourth-order valence-electron chi connectivity index (χ4n) is 4.37. The van der Waals surface area contributed by atoms with E-state index < -0.39 is 23.9 Å². The molecule has 210 valence electrons. The largest absolute Gasteiger partial charge is 0.508 e. The molecule has 0 aliphatic carbocycles. The molecule has 3 rings (SSSR count). The molecule has 0 radical (unpaired) electrons. The molecule has 0 fully saturated rings. The minimum Gasteiger partial charge on any atom is -0.508 e. The average Bonchev–Trinajstić information content (AvgIpc) is 2.94. The zero-order valence-corrected chi connectivity index (χ0v) is 22.2. The van der Waals surface area contributed by atoms with Gasteiger partial charge in [0, 0.05) is 25.3 Å². The quantitative estimate of drug-likeness (QED) is 0.102. The van der Waals surface area contributed by atoms with E-state index in [0.717, 1.165) is 11.1 Å². The summed E-state index contributed by atoms with van der Waals surface area (Å²) in [5, 5.41) is 15.0. The van der Waals surface area contributed by atoms with Crippen molar-refractivity contribution in [1.82, 2.24) is 10.6 Å². The number of nitrogens with one attached hydrogen (secondary N) is 2.